The van der Waals surface area contributed by atoms with Gasteiger partial charge in [0.25, 0.3) is 5.56 Å². The van der Waals surface area contributed by atoms with Gasteiger partial charge in [-0.1, -0.05) is 37.2 Å². The van der Waals surface area contributed by atoms with Crippen molar-refractivity contribution in [3.63, 3.8) is 0 Å². The molecule has 0 fully saturated rings. The number of Topliss-reactive ketones (excluding diaryl/α,β-unsaturated/α-hetero) is 1. The van der Waals surface area contributed by atoms with Crippen molar-refractivity contribution < 1.29 is 4.79 Å². The van der Waals surface area contributed by atoms with E-state index in [2.05, 4.69) is 33.3 Å². The zero-order valence-electron chi connectivity index (χ0n) is 15.2. The molecule has 2 atom stereocenters. The molecule has 27 heavy (non-hydrogen) atoms. The predicted molar refractivity (Wildman–Crippen MR) is 106 cm³/mol. The van der Waals surface area contributed by atoms with Crippen LogP contribution in [0.1, 0.15) is 49.7 Å². The Morgan fingerprint density at radius 1 is 1.30 bits per heavy atom. The summed E-state index contributed by atoms with van der Waals surface area (Å²) in [6.07, 6.45) is 8.88. The molecule has 140 valence electrons. The van der Waals surface area contributed by atoms with Gasteiger partial charge in [0, 0.05) is 36.2 Å². The van der Waals surface area contributed by atoms with E-state index < -0.39 is 0 Å². The summed E-state index contributed by atoms with van der Waals surface area (Å²) in [5.41, 5.74) is 2.07. The van der Waals surface area contributed by atoms with Crippen molar-refractivity contribution in [2.45, 2.75) is 43.7 Å². The summed E-state index contributed by atoms with van der Waals surface area (Å²) in [7, 11) is 0. The number of nitrogens with one attached hydrogen (secondary N) is 2. The van der Waals surface area contributed by atoms with Gasteiger partial charge in [-0.15, -0.1) is 0 Å². The van der Waals surface area contributed by atoms with Gasteiger partial charge in [0.2, 0.25) is 0 Å². The van der Waals surface area contributed by atoms with Gasteiger partial charge >= 0.3 is 0 Å². The molecule has 1 aliphatic carbocycles. The third-order valence-corrected chi connectivity index (χ3v) is 6.02. The van der Waals surface area contributed by atoms with Crippen LogP contribution in [0.15, 0.2) is 46.3 Å². The van der Waals surface area contributed by atoms with Crippen molar-refractivity contribution in [2.75, 3.05) is 11.1 Å². The average Bonchev–Trinajstić information content (AvgIpc) is 2.67. The van der Waals surface area contributed by atoms with Crippen molar-refractivity contribution in [2.24, 2.45) is 5.92 Å². The SMILES string of the molecule is CCCCSc1nc2c(c(=O)[nH]1)[C@@H](c1cccnc1)[C@@H]1C(=O)CCC=C1N2. The van der Waals surface area contributed by atoms with E-state index in [1.54, 1.807) is 24.2 Å². The summed E-state index contributed by atoms with van der Waals surface area (Å²) in [5, 5.41) is 3.89. The molecule has 7 heteroatoms. The van der Waals surface area contributed by atoms with Crippen molar-refractivity contribution in [1.82, 2.24) is 15.0 Å². The number of anilines is 1. The van der Waals surface area contributed by atoms with Crippen LogP contribution < -0.4 is 10.9 Å². The van der Waals surface area contributed by atoms with Gasteiger partial charge in [0.15, 0.2) is 5.16 Å². The van der Waals surface area contributed by atoms with Crippen LogP contribution in [-0.2, 0) is 4.79 Å². The lowest BCUT2D eigenvalue weighted by Crippen LogP contribution is -2.38. The molecule has 2 aromatic heterocycles. The first kappa shape index (κ1) is 18.0. The number of rotatable bonds is 5. The zero-order chi connectivity index (χ0) is 18.8. The van der Waals surface area contributed by atoms with Crippen molar-refractivity contribution in [1.29, 1.82) is 0 Å². The van der Waals surface area contributed by atoms with Crippen LogP contribution in [0.5, 0.6) is 0 Å². The molecule has 3 heterocycles. The van der Waals surface area contributed by atoms with E-state index in [1.807, 2.05) is 12.1 Å². The Bertz CT molecular complexity index is 939. The van der Waals surface area contributed by atoms with Crippen LogP contribution in [0.4, 0.5) is 5.82 Å². The maximum Gasteiger partial charge on any atom is 0.257 e. The van der Waals surface area contributed by atoms with E-state index in [-0.39, 0.29) is 23.2 Å². The maximum atomic E-state index is 13.0. The van der Waals surface area contributed by atoms with E-state index in [9.17, 15) is 9.59 Å². The fourth-order valence-corrected chi connectivity index (χ4v) is 4.72. The summed E-state index contributed by atoms with van der Waals surface area (Å²) >= 11 is 1.55. The molecule has 0 saturated carbocycles. The molecule has 0 aromatic carbocycles. The second-order valence-electron chi connectivity index (χ2n) is 6.87. The van der Waals surface area contributed by atoms with E-state index in [0.29, 0.717) is 29.4 Å². The largest absolute Gasteiger partial charge is 0.343 e. The molecule has 0 saturated heterocycles. The number of pyridine rings is 1. The number of ketones is 1. The second-order valence-corrected chi connectivity index (χ2v) is 7.95. The molecule has 0 bridgehead atoms. The first-order chi connectivity index (χ1) is 13.2. The molecule has 0 amide bonds. The highest BCUT2D eigenvalue weighted by Crippen LogP contribution is 2.44. The number of aromatic amines is 1. The number of nitrogens with zero attached hydrogens (tertiary/aromatic N) is 2. The number of allylic oxidation sites excluding steroid dienone is 2. The number of unbranched alkanes of at least 4 members (excludes halogenated alkanes) is 1. The molecule has 2 aliphatic rings. The fourth-order valence-electron chi connectivity index (χ4n) is 3.77. The number of thioether (sulfide) groups is 1. The molecule has 2 aromatic rings. The fraction of sp³-hybridized carbons (Fsp3) is 0.400. The number of carbonyl (C=O) groups is 1. The molecule has 0 radical (unpaired) electrons. The van der Waals surface area contributed by atoms with Crippen LogP contribution in [0.25, 0.3) is 0 Å². The molecule has 1 aliphatic heterocycles. The van der Waals surface area contributed by atoms with Crippen molar-refractivity contribution in [3.8, 4) is 0 Å². The van der Waals surface area contributed by atoms with Gasteiger partial charge in [0.05, 0.1) is 11.5 Å². The van der Waals surface area contributed by atoms with Gasteiger partial charge in [-0.3, -0.25) is 14.6 Å². The summed E-state index contributed by atoms with van der Waals surface area (Å²) in [5.74, 6) is 0.884. The van der Waals surface area contributed by atoms with Crippen LogP contribution >= 0.6 is 11.8 Å². The normalized spacial score (nSPS) is 21.1. The Hall–Kier alpha value is -2.41. The Morgan fingerprint density at radius 3 is 2.96 bits per heavy atom. The monoisotopic (exact) mass is 382 g/mol. The smallest absolute Gasteiger partial charge is 0.257 e. The highest BCUT2D eigenvalue weighted by molar-refractivity contribution is 7.99. The van der Waals surface area contributed by atoms with E-state index in [0.717, 1.165) is 29.9 Å². The Kier molecular flexibility index (Phi) is 5.11. The van der Waals surface area contributed by atoms with E-state index >= 15 is 0 Å². The molecule has 0 unspecified atom stereocenters. The minimum atomic E-state index is -0.378. The Morgan fingerprint density at radius 2 is 2.19 bits per heavy atom. The highest BCUT2D eigenvalue weighted by Gasteiger charge is 2.42. The average molecular weight is 382 g/mol. The van der Waals surface area contributed by atoms with Crippen LogP contribution in [0.3, 0.4) is 0 Å². The zero-order valence-corrected chi connectivity index (χ0v) is 16.0. The third kappa shape index (κ3) is 3.43. The minimum Gasteiger partial charge on any atom is -0.343 e. The first-order valence-electron chi connectivity index (χ1n) is 9.35. The number of carbonyl (C=O) groups excluding carboxylic acids is 1. The number of hydrogen-bond donors (Lipinski definition) is 2. The Labute approximate surface area is 161 Å². The van der Waals surface area contributed by atoms with Crippen LogP contribution in [-0.4, -0.2) is 26.5 Å². The topological polar surface area (TPSA) is 87.7 Å². The molecule has 6 nitrogen and oxygen atoms in total. The molecule has 4 rings (SSSR count). The van der Waals surface area contributed by atoms with Crippen LogP contribution in [0, 0.1) is 5.92 Å². The summed E-state index contributed by atoms with van der Waals surface area (Å²) < 4.78 is 0. The molecule has 2 N–H and O–H groups in total. The lowest BCUT2D eigenvalue weighted by Gasteiger charge is -2.36. The number of hydrogen-bond acceptors (Lipinski definition) is 6. The predicted octanol–water partition coefficient (Wildman–Crippen LogP) is 3.48. The lowest BCUT2D eigenvalue weighted by atomic mass is 9.72. The molecular formula is C20H22N4O2S. The number of H-pyrrole nitrogens is 1. The van der Waals surface area contributed by atoms with Gasteiger partial charge in [-0.2, -0.15) is 0 Å². The summed E-state index contributed by atoms with van der Waals surface area (Å²) in [6.45, 7) is 2.14. The van der Waals surface area contributed by atoms with Gasteiger partial charge in [0.1, 0.15) is 11.6 Å². The van der Waals surface area contributed by atoms with Gasteiger partial charge < -0.3 is 10.3 Å². The Balaban J connectivity index is 1.83. The van der Waals surface area contributed by atoms with Crippen LogP contribution in [0.2, 0.25) is 0 Å². The lowest BCUT2D eigenvalue weighted by molar-refractivity contribution is -0.122. The highest BCUT2D eigenvalue weighted by atomic mass is 32.2. The first-order valence-corrected chi connectivity index (χ1v) is 10.3. The second kappa shape index (κ2) is 7.68. The van der Waals surface area contributed by atoms with Crippen molar-refractivity contribution >= 4 is 23.4 Å². The number of aromatic nitrogens is 3. The molecular weight excluding hydrogens is 360 g/mol. The molecule has 0 spiro atoms. The third-order valence-electron chi connectivity index (χ3n) is 5.06. The number of fused-ring (bicyclic) bond motifs is 2. The minimum absolute atomic E-state index is 0.153. The summed E-state index contributed by atoms with van der Waals surface area (Å²) in [4.78, 5) is 37.5. The maximum absolute atomic E-state index is 13.0. The van der Waals surface area contributed by atoms with E-state index in [4.69, 9.17) is 0 Å². The van der Waals surface area contributed by atoms with E-state index in [1.165, 1.54) is 0 Å². The quantitative estimate of drug-likeness (QED) is 0.468. The van der Waals surface area contributed by atoms with Gasteiger partial charge in [-0.05, 0) is 24.5 Å². The van der Waals surface area contributed by atoms with Crippen molar-refractivity contribution in [3.05, 3.63) is 57.8 Å². The standard InChI is InChI=1S/C20H22N4O2S/c1-2-3-10-27-20-23-18-17(19(26)24-20)15(12-6-5-9-21-11-12)16-13(22-18)7-4-8-14(16)25/h5-7,9,11,15-16H,2-4,8,10H2,1H3,(H2,22,23,24,26)/t15-,16-/m0/s1. The van der Waals surface area contributed by atoms with Gasteiger partial charge in [-0.25, -0.2) is 4.98 Å². The summed E-state index contributed by atoms with van der Waals surface area (Å²) in [6, 6.07) is 3.76.